The molecule has 0 spiro atoms. The van der Waals surface area contributed by atoms with E-state index in [1.54, 1.807) is 6.07 Å². The van der Waals surface area contributed by atoms with E-state index in [9.17, 15) is 4.39 Å². The van der Waals surface area contributed by atoms with Crippen molar-refractivity contribution >= 4 is 5.69 Å². The van der Waals surface area contributed by atoms with Gasteiger partial charge >= 0.3 is 0 Å². The molecule has 0 amide bonds. The SMILES string of the molecule is CNC(C)c1cc(F)c(C)cc1N1CCCC(C)(C)C1. The molecule has 1 aromatic rings. The summed E-state index contributed by atoms with van der Waals surface area (Å²) in [7, 11) is 1.92. The monoisotopic (exact) mass is 278 g/mol. The summed E-state index contributed by atoms with van der Waals surface area (Å²) in [6.45, 7) is 10.7. The Bertz CT molecular complexity index is 482. The van der Waals surface area contributed by atoms with Crippen LogP contribution in [0.3, 0.4) is 0 Å². The van der Waals surface area contributed by atoms with E-state index < -0.39 is 0 Å². The minimum atomic E-state index is -0.109. The van der Waals surface area contributed by atoms with Crippen molar-refractivity contribution in [1.82, 2.24) is 5.32 Å². The van der Waals surface area contributed by atoms with E-state index in [1.165, 1.54) is 18.5 Å². The van der Waals surface area contributed by atoms with Crippen molar-refractivity contribution in [3.63, 3.8) is 0 Å². The third-order valence-electron chi connectivity index (χ3n) is 4.45. The molecule has 1 N–H and O–H groups in total. The Hall–Kier alpha value is -1.09. The van der Waals surface area contributed by atoms with Crippen LogP contribution >= 0.6 is 0 Å². The van der Waals surface area contributed by atoms with E-state index in [1.807, 2.05) is 20.0 Å². The number of nitrogens with one attached hydrogen (secondary N) is 1. The van der Waals surface area contributed by atoms with Gasteiger partial charge in [0.1, 0.15) is 5.82 Å². The highest BCUT2D eigenvalue weighted by Gasteiger charge is 2.28. The molecule has 0 aromatic heterocycles. The maximum atomic E-state index is 13.9. The van der Waals surface area contributed by atoms with E-state index in [2.05, 4.69) is 31.0 Å². The summed E-state index contributed by atoms with van der Waals surface area (Å²) in [4.78, 5) is 2.43. The van der Waals surface area contributed by atoms with Gasteiger partial charge < -0.3 is 10.2 Å². The number of nitrogens with zero attached hydrogens (tertiary/aromatic N) is 1. The molecule has 1 aromatic carbocycles. The molecule has 0 saturated carbocycles. The first kappa shape index (κ1) is 15.3. The molecule has 1 fully saturated rings. The fraction of sp³-hybridized carbons (Fsp3) is 0.647. The van der Waals surface area contributed by atoms with Crippen LogP contribution in [0.25, 0.3) is 0 Å². The second-order valence-electron chi connectivity index (χ2n) is 6.86. The third-order valence-corrected chi connectivity index (χ3v) is 4.45. The van der Waals surface area contributed by atoms with Gasteiger partial charge in [-0.1, -0.05) is 13.8 Å². The lowest BCUT2D eigenvalue weighted by molar-refractivity contribution is 0.292. The molecule has 20 heavy (non-hydrogen) atoms. The van der Waals surface area contributed by atoms with Gasteiger partial charge in [-0.25, -0.2) is 4.39 Å². The molecule has 2 rings (SSSR count). The number of piperidine rings is 1. The summed E-state index contributed by atoms with van der Waals surface area (Å²) in [5.41, 5.74) is 3.32. The highest BCUT2D eigenvalue weighted by atomic mass is 19.1. The van der Waals surface area contributed by atoms with E-state index in [-0.39, 0.29) is 11.9 Å². The van der Waals surface area contributed by atoms with Crippen LogP contribution in [0.4, 0.5) is 10.1 Å². The number of halogens is 1. The number of aryl methyl sites for hydroxylation is 1. The smallest absolute Gasteiger partial charge is 0.126 e. The lowest BCUT2D eigenvalue weighted by Crippen LogP contribution is -2.41. The summed E-state index contributed by atoms with van der Waals surface area (Å²) in [6, 6.07) is 3.87. The normalized spacial score (nSPS) is 20.0. The minimum Gasteiger partial charge on any atom is -0.371 e. The highest BCUT2D eigenvalue weighted by molar-refractivity contribution is 5.57. The van der Waals surface area contributed by atoms with Gasteiger partial charge in [-0.15, -0.1) is 0 Å². The Kier molecular flexibility index (Phi) is 4.38. The Morgan fingerprint density at radius 2 is 2.05 bits per heavy atom. The van der Waals surface area contributed by atoms with Crippen LogP contribution in [0.1, 0.15) is 50.8 Å². The lowest BCUT2D eigenvalue weighted by Gasteiger charge is -2.41. The maximum Gasteiger partial charge on any atom is 0.126 e. The minimum absolute atomic E-state index is 0.109. The Morgan fingerprint density at radius 1 is 1.35 bits per heavy atom. The maximum absolute atomic E-state index is 13.9. The summed E-state index contributed by atoms with van der Waals surface area (Å²) in [5, 5.41) is 3.23. The molecule has 1 atom stereocenters. The molecule has 1 aliphatic heterocycles. The van der Waals surface area contributed by atoms with E-state index in [4.69, 9.17) is 0 Å². The summed E-state index contributed by atoms with van der Waals surface area (Å²) in [5.74, 6) is -0.109. The molecule has 2 nitrogen and oxygen atoms in total. The number of rotatable bonds is 3. The molecular weight excluding hydrogens is 251 g/mol. The van der Waals surface area contributed by atoms with Crippen LogP contribution in [0.5, 0.6) is 0 Å². The lowest BCUT2D eigenvalue weighted by atomic mass is 9.83. The Morgan fingerprint density at radius 3 is 2.65 bits per heavy atom. The number of hydrogen-bond acceptors (Lipinski definition) is 2. The van der Waals surface area contributed by atoms with Crippen molar-refractivity contribution in [2.24, 2.45) is 5.41 Å². The van der Waals surface area contributed by atoms with Crippen LogP contribution in [0.15, 0.2) is 12.1 Å². The van der Waals surface area contributed by atoms with Crippen LogP contribution in [0, 0.1) is 18.2 Å². The van der Waals surface area contributed by atoms with Crippen molar-refractivity contribution in [2.75, 3.05) is 25.0 Å². The van der Waals surface area contributed by atoms with Crippen LogP contribution in [-0.2, 0) is 0 Å². The molecule has 0 aliphatic carbocycles. The predicted molar refractivity (Wildman–Crippen MR) is 83.8 cm³/mol. The fourth-order valence-electron chi connectivity index (χ4n) is 3.09. The molecule has 112 valence electrons. The number of hydrogen-bond donors (Lipinski definition) is 1. The van der Waals surface area contributed by atoms with Gasteiger partial charge in [0.15, 0.2) is 0 Å². The molecule has 1 unspecified atom stereocenters. The quantitative estimate of drug-likeness (QED) is 0.897. The summed E-state index contributed by atoms with van der Waals surface area (Å²) < 4.78 is 13.9. The zero-order valence-electron chi connectivity index (χ0n) is 13.4. The molecule has 1 saturated heterocycles. The van der Waals surface area contributed by atoms with E-state index in [0.717, 1.165) is 24.2 Å². The van der Waals surface area contributed by atoms with Gasteiger partial charge in [0.25, 0.3) is 0 Å². The largest absolute Gasteiger partial charge is 0.371 e. The van der Waals surface area contributed by atoms with Gasteiger partial charge in [0.05, 0.1) is 0 Å². The van der Waals surface area contributed by atoms with Gasteiger partial charge in [-0.2, -0.15) is 0 Å². The van der Waals surface area contributed by atoms with E-state index in [0.29, 0.717) is 5.41 Å². The summed E-state index contributed by atoms with van der Waals surface area (Å²) in [6.07, 6.45) is 2.47. The first-order valence-electron chi connectivity index (χ1n) is 7.56. The first-order chi connectivity index (χ1) is 9.34. The van der Waals surface area contributed by atoms with E-state index >= 15 is 0 Å². The zero-order chi connectivity index (χ0) is 14.9. The molecule has 1 heterocycles. The van der Waals surface area contributed by atoms with Gasteiger partial charge in [-0.05, 0) is 62.4 Å². The predicted octanol–water partition coefficient (Wildman–Crippen LogP) is 4.04. The van der Waals surface area contributed by atoms with Gasteiger partial charge in [-0.3, -0.25) is 0 Å². The average Bonchev–Trinajstić information content (AvgIpc) is 2.39. The van der Waals surface area contributed by atoms with Crippen molar-refractivity contribution < 1.29 is 4.39 Å². The fourth-order valence-corrected chi connectivity index (χ4v) is 3.09. The molecular formula is C17H27FN2. The third kappa shape index (κ3) is 3.14. The van der Waals surface area contributed by atoms with Crippen molar-refractivity contribution in [2.45, 2.75) is 46.6 Å². The second kappa shape index (κ2) is 5.72. The second-order valence-corrected chi connectivity index (χ2v) is 6.86. The average molecular weight is 278 g/mol. The van der Waals surface area contributed by atoms with Crippen LogP contribution < -0.4 is 10.2 Å². The van der Waals surface area contributed by atoms with Crippen LogP contribution in [-0.4, -0.2) is 20.1 Å². The molecule has 0 bridgehead atoms. The first-order valence-corrected chi connectivity index (χ1v) is 7.56. The molecule has 3 heteroatoms. The van der Waals surface area contributed by atoms with Crippen LogP contribution in [0.2, 0.25) is 0 Å². The van der Waals surface area contributed by atoms with Crippen molar-refractivity contribution in [3.05, 3.63) is 29.1 Å². The Balaban J connectivity index is 2.41. The Labute approximate surface area is 122 Å². The standard InChI is InChI=1S/C17H27FN2/c1-12-9-16(14(10-15(12)18)13(2)19-5)20-8-6-7-17(3,4)11-20/h9-10,13,19H,6-8,11H2,1-5H3. The summed E-state index contributed by atoms with van der Waals surface area (Å²) >= 11 is 0. The number of anilines is 1. The molecule has 0 radical (unpaired) electrons. The van der Waals surface area contributed by atoms with Gasteiger partial charge in [0, 0.05) is 24.8 Å². The topological polar surface area (TPSA) is 15.3 Å². The van der Waals surface area contributed by atoms with Gasteiger partial charge in [0.2, 0.25) is 0 Å². The highest BCUT2D eigenvalue weighted by Crippen LogP contribution is 2.36. The van der Waals surface area contributed by atoms with Crippen molar-refractivity contribution in [3.8, 4) is 0 Å². The van der Waals surface area contributed by atoms with Crippen molar-refractivity contribution in [1.29, 1.82) is 0 Å². The zero-order valence-corrected chi connectivity index (χ0v) is 13.4. The molecule has 1 aliphatic rings. The number of benzene rings is 1.